The van der Waals surface area contributed by atoms with Crippen LogP contribution in [-0.4, -0.2) is 36.8 Å². The largest absolute Gasteiger partial charge is 0.355 e. The average Bonchev–Trinajstić information content (AvgIpc) is 2.33. The van der Waals surface area contributed by atoms with Gasteiger partial charge in [0.25, 0.3) is 0 Å². The fourth-order valence-electron chi connectivity index (χ4n) is 1.13. The minimum Gasteiger partial charge on any atom is -0.355 e. The van der Waals surface area contributed by atoms with E-state index in [2.05, 4.69) is 15.6 Å². The number of amides is 1. The third-order valence-corrected chi connectivity index (χ3v) is 2.96. The van der Waals surface area contributed by atoms with Crippen LogP contribution in [0.25, 0.3) is 0 Å². The Morgan fingerprint density at radius 1 is 1.35 bits per heavy atom. The van der Waals surface area contributed by atoms with Crippen LogP contribution < -0.4 is 10.6 Å². The number of hydrogen-bond acceptors (Lipinski definition) is 4. The fraction of sp³-hybridized carbons (Fsp3) is 0.455. The second-order valence-electron chi connectivity index (χ2n) is 3.28. The van der Waals surface area contributed by atoms with Gasteiger partial charge in [-0.1, -0.05) is 0 Å². The van der Waals surface area contributed by atoms with E-state index >= 15 is 0 Å². The number of hydrogen-bond donors (Lipinski definition) is 2. The molecule has 0 spiro atoms. The molecule has 0 aromatic carbocycles. The topological polar surface area (TPSA) is 54.0 Å². The number of halogens is 1. The van der Waals surface area contributed by atoms with Gasteiger partial charge in [-0.15, -0.1) is 24.2 Å². The molecule has 0 saturated heterocycles. The van der Waals surface area contributed by atoms with Crippen molar-refractivity contribution in [1.82, 2.24) is 15.6 Å². The smallest absolute Gasteiger partial charge is 0.230 e. The van der Waals surface area contributed by atoms with Gasteiger partial charge in [-0.2, -0.15) is 0 Å². The van der Waals surface area contributed by atoms with Crippen molar-refractivity contribution in [1.29, 1.82) is 0 Å². The maximum atomic E-state index is 11.4. The highest BCUT2D eigenvalue weighted by molar-refractivity contribution is 8.00. The number of aromatic nitrogens is 1. The molecule has 96 valence electrons. The van der Waals surface area contributed by atoms with Crippen LogP contribution in [0.4, 0.5) is 0 Å². The van der Waals surface area contributed by atoms with Crippen LogP contribution in [-0.2, 0) is 4.79 Å². The Hall–Kier alpha value is -0.780. The summed E-state index contributed by atoms with van der Waals surface area (Å²) < 4.78 is 0. The third kappa shape index (κ3) is 8.01. The Morgan fingerprint density at radius 2 is 2.06 bits per heavy atom. The number of pyridine rings is 1. The van der Waals surface area contributed by atoms with E-state index in [0.29, 0.717) is 5.75 Å². The monoisotopic (exact) mass is 275 g/mol. The molecule has 0 radical (unpaired) electrons. The molecule has 1 heterocycles. The molecule has 1 amide bonds. The normalized spacial score (nSPS) is 9.47. The number of nitrogens with one attached hydrogen (secondary N) is 2. The van der Waals surface area contributed by atoms with E-state index < -0.39 is 0 Å². The summed E-state index contributed by atoms with van der Waals surface area (Å²) in [5, 5.41) is 5.91. The van der Waals surface area contributed by atoms with Crippen LogP contribution >= 0.6 is 24.2 Å². The zero-order valence-electron chi connectivity index (χ0n) is 9.81. The molecule has 0 aliphatic heterocycles. The number of carbonyl (C=O) groups excluding carboxylic acids is 1. The molecule has 4 nitrogen and oxygen atoms in total. The molecule has 1 aromatic rings. The molecule has 0 bridgehead atoms. The first-order valence-electron chi connectivity index (χ1n) is 5.27. The fourth-order valence-corrected chi connectivity index (χ4v) is 1.84. The Balaban J connectivity index is 0.00000256. The van der Waals surface area contributed by atoms with Crippen LogP contribution in [0.5, 0.6) is 0 Å². The Bertz CT molecular complexity index is 311. The molecule has 0 fully saturated rings. The second-order valence-corrected chi connectivity index (χ2v) is 4.33. The molecule has 0 aliphatic rings. The van der Waals surface area contributed by atoms with Crippen molar-refractivity contribution in [2.75, 3.05) is 25.9 Å². The third-order valence-electron chi connectivity index (χ3n) is 1.95. The van der Waals surface area contributed by atoms with Gasteiger partial charge in [0.05, 0.1) is 5.75 Å². The number of carbonyl (C=O) groups is 1. The minimum absolute atomic E-state index is 0. The summed E-state index contributed by atoms with van der Waals surface area (Å²) in [6.45, 7) is 1.66. The molecular weight excluding hydrogens is 258 g/mol. The van der Waals surface area contributed by atoms with Gasteiger partial charge in [0.1, 0.15) is 0 Å². The first kappa shape index (κ1) is 16.2. The first-order valence-corrected chi connectivity index (χ1v) is 6.25. The summed E-state index contributed by atoms with van der Waals surface area (Å²) in [4.78, 5) is 16.4. The zero-order chi connectivity index (χ0) is 11.6. The number of rotatable bonds is 7. The van der Waals surface area contributed by atoms with Crippen LogP contribution in [0.1, 0.15) is 6.42 Å². The summed E-state index contributed by atoms with van der Waals surface area (Å²) in [6.07, 6.45) is 4.42. The molecule has 1 rings (SSSR count). The van der Waals surface area contributed by atoms with Crippen molar-refractivity contribution in [2.45, 2.75) is 11.3 Å². The predicted octanol–water partition coefficient (Wildman–Crippen LogP) is 1.32. The maximum Gasteiger partial charge on any atom is 0.230 e. The Kier molecular flexibility index (Phi) is 9.90. The van der Waals surface area contributed by atoms with E-state index in [1.165, 1.54) is 11.8 Å². The molecule has 1 aromatic heterocycles. The molecule has 6 heteroatoms. The quantitative estimate of drug-likeness (QED) is 0.582. The summed E-state index contributed by atoms with van der Waals surface area (Å²) in [5.74, 6) is 0.543. The highest BCUT2D eigenvalue weighted by Gasteiger charge is 2.01. The van der Waals surface area contributed by atoms with Gasteiger partial charge < -0.3 is 10.6 Å². The van der Waals surface area contributed by atoms with Crippen molar-refractivity contribution in [3.63, 3.8) is 0 Å². The van der Waals surface area contributed by atoms with E-state index in [0.717, 1.165) is 24.4 Å². The zero-order valence-corrected chi connectivity index (χ0v) is 11.4. The van der Waals surface area contributed by atoms with E-state index in [1.54, 1.807) is 12.4 Å². The van der Waals surface area contributed by atoms with Gasteiger partial charge in [0.2, 0.25) is 5.91 Å². The lowest BCUT2D eigenvalue weighted by Crippen LogP contribution is -2.27. The SMILES string of the molecule is CNCCCNC(=O)CSc1ccncc1.Cl. The van der Waals surface area contributed by atoms with Crippen molar-refractivity contribution >= 4 is 30.1 Å². The van der Waals surface area contributed by atoms with Gasteiger partial charge in [-0.05, 0) is 32.1 Å². The molecule has 0 atom stereocenters. The highest BCUT2D eigenvalue weighted by atomic mass is 35.5. The number of thioether (sulfide) groups is 1. The lowest BCUT2D eigenvalue weighted by atomic mass is 10.4. The Morgan fingerprint density at radius 3 is 2.71 bits per heavy atom. The van der Waals surface area contributed by atoms with Gasteiger partial charge in [-0.3, -0.25) is 9.78 Å². The van der Waals surface area contributed by atoms with E-state index in [9.17, 15) is 4.79 Å². The first-order chi connectivity index (χ1) is 7.83. The highest BCUT2D eigenvalue weighted by Crippen LogP contribution is 2.15. The van der Waals surface area contributed by atoms with Crippen LogP contribution in [0.3, 0.4) is 0 Å². The lowest BCUT2D eigenvalue weighted by molar-refractivity contribution is -0.118. The summed E-state index contributed by atoms with van der Waals surface area (Å²) in [6, 6.07) is 3.80. The van der Waals surface area contributed by atoms with Gasteiger partial charge in [0.15, 0.2) is 0 Å². The molecule has 0 saturated carbocycles. The van der Waals surface area contributed by atoms with Crippen molar-refractivity contribution < 1.29 is 4.79 Å². The summed E-state index contributed by atoms with van der Waals surface area (Å²) in [5.41, 5.74) is 0. The van der Waals surface area contributed by atoms with E-state index in [-0.39, 0.29) is 18.3 Å². The Labute approximate surface area is 112 Å². The van der Waals surface area contributed by atoms with Crippen LogP contribution in [0.15, 0.2) is 29.4 Å². The summed E-state index contributed by atoms with van der Waals surface area (Å²) in [7, 11) is 1.90. The van der Waals surface area contributed by atoms with Crippen LogP contribution in [0.2, 0.25) is 0 Å². The molecule has 0 aliphatic carbocycles. The van der Waals surface area contributed by atoms with Gasteiger partial charge in [-0.25, -0.2) is 0 Å². The summed E-state index contributed by atoms with van der Waals surface area (Å²) >= 11 is 1.52. The predicted molar refractivity (Wildman–Crippen MR) is 73.8 cm³/mol. The maximum absolute atomic E-state index is 11.4. The van der Waals surface area contributed by atoms with Crippen molar-refractivity contribution in [3.8, 4) is 0 Å². The van der Waals surface area contributed by atoms with Crippen LogP contribution in [0, 0.1) is 0 Å². The van der Waals surface area contributed by atoms with E-state index in [1.807, 2.05) is 19.2 Å². The standard InChI is InChI=1S/C11H17N3OS.ClH/c1-12-5-2-6-14-11(15)9-16-10-3-7-13-8-4-10;/h3-4,7-8,12H,2,5-6,9H2,1H3,(H,14,15);1H. The molecule has 0 unspecified atom stereocenters. The lowest BCUT2D eigenvalue weighted by Gasteiger charge is -2.04. The number of nitrogens with zero attached hydrogens (tertiary/aromatic N) is 1. The molecule has 2 N–H and O–H groups in total. The van der Waals surface area contributed by atoms with Gasteiger partial charge in [0, 0.05) is 23.8 Å². The molecular formula is C11H18ClN3OS. The molecule has 17 heavy (non-hydrogen) atoms. The van der Waals surface area contributed by atoms with Crippen molar-refractivity contribution in [3.05, 3.63) is 24.5 Å². The second kappa shape index (κ2) is 10.4. The van der Waals surface area contributed by atoms with E-state index in [4.69, 9.17) is 0 Å². The van der Waals surface area contributed by atoms with Crippen molar-refractivity contribution in [2.24, 2.45) is 0 Å². The van der Waals surface area contributed by atoms with Gasteiger partial charge >= 0.3 is 0 Å². The minimum atomic E-state index is 0. The average molecular weight is 276 g/mol.